The number of rotatable bonds is 6. The molecule has 2 N–H and O–H groups in total. The second-order valence-corrected chi connectivity index (χ2v) is 6.44. The van der Waals surface area contributed by atoms with Crippen LogP contribution in [0.1, 0.15) is 15.5 Å². The minimum absolute atomic E-state index is 0.0613. The summed E-state index contributed by atoms with van der Waals surface area (Å²) in [4.78, 5) is 18.4. The number of nitrogens with one attached hydrogen (secondary N) is 2. The van der Waals surface area contributed by atoms with Crippen molar-refractivity contribution >= 4 is 27.3 Å². The van der Waals surface area contributed by atoms with Gasteiger partial charge in [0.1, 0.15) is 15.6 Å². The number of methoxy groups -OCH3 is 1. The number of H-pyrrole nitrogens is 1. The molecule has 108 valence electrons. The van der Waals surface area contributed by atoms with Gasteiger partial charge < -0.3 is 9.72 Å². The molecular formula is C11H13N3O4S2. The third kappa shape index (κ3) is 3.24. The van der Waals surface area contributed by atoms with Crippen LogP contribution in [-0.4, -0.2) is 38.0 Å². The normalized spacial score (nSPS) is 11.4. The quantitative estimate of drug-likeness (QED) is 0.767. The van der Waals surface area contributed by atoms with Crippen LogP contribution in [0, 0.1) is 0 Å². The van der Waals surface area contributed by atoms with E-state index in [1.165, 1.54) is 18.6 Å². The lowest BCUT2D eigenvalue weighted by atomic mass is 10.4. The molecule has 2 rings (SSSR count). The maximum Gasteiger partial charge on any atom is 0.349 e. The van der Waals surface area contributed by atoms with E-state index in [1.54, 1.807) is 12.4 Å². The fourth-order valence-electron chi connectivity index (χ4n) is 1.57. The van der Waals surface area contributed by atoms with E-state index < -0.39 is 16.0 Å². The van der Waals surface area contributed by atoms with Crippen molar-refractivity contribution in [3.63, 3.8) is 0 Å². The molecule has 0 amide bonds. The number of hydrogen-bond acceptors (Lipinski definition) is 6. The van der Waals surface area contributed by atoms with Gasteiger partial charge in [-0.3, -0.25) is 0 Å². The highest BCUT2D eigenvalue weighted by molar-refractivity contribution is 7.89. The summed E-state index contributed by atoms with van der Waals surface area (Å²) in [5.41, 5.74) is 0. The zero-order chi connectivity index (χ0) is 14.6. The fraction of sp³-hybridized carbons (Fsp3) is 0.273. The molecule has 0 aromatic carbocycles. The maximum atomic E-state index is 12.1. The Kier molecular flexibility index (Phi) is 4.53. The second kappa shape index (κ2) is 6.16. The standard InChI is InChI=1S/C11H13N3O4S2/c1-18-11(15)10-8(3-7-19-10)20(16,17)14-4-2-9-12-5-6-13-9/h3,5-7,14H,2,4H2,1H3,(H,12,13). The molecule has 0 aliphatic carbocycles. The molecule has 0 unspecified atom stereocenters. The molecule has 2 aromatic heterocycles. The molecule has 0 radical (unpaired) electrons. The highest BCUT2D eigenvalue weighted by Gasteiger charge is 2.24. The summed E-state index contributed by atoms with van der Waals surface area (Å²) in [5.74, 6) is 0.0256. The molecule has 7 nitrogen and oxygen atoms in total. The Labute approximate surface area is 120 Å². The van der Waals surface area contributed by atoms with Crippen molar-refractivity contribution in [2.75, 3.05) is 13.7 Å². The lowest BCUT2D eigenvalue weighted by Gasteiger charge is -2.06. The van der Waals surface area contributed by atoms with Gasteiger partial charge >= 0.3 is 5.97 Å². The average Bonchev–Trinajstić information content (AvgIpc) is 3.08. The van der Waals surface area contributed by atoms with Gasteiger partial charge in [-0.25, -0.2) is 22.9 Å². The monoisotopic (exact) mass is 315 g/mol. The Balaban J connectivity index is 2.07. The SMILES string of the molecule is COC(=O)c1sccc1S(=O)(=O)NCCc1ncc[nH]1. The van der Waals surface area contributed by atoms with Crippen LogP contribution >= 0.6 is 11.3 Å². The molecule has 2 aromatic rings. The summed E-state index contributed by atoms with van der Waals surface area (Å²) in [7, 11) is -2.53. The van der Waals surface area contributed by atoms with Crippen molar-refractivity contribution < 1.29 is 17.9 Å². The van der Waals surface area contributed by atoms with Gasteiger partial charge in [0.15, 0.2) is 0 Å². The number of thiophene rings is 1. The number of aromatic amines is 1. The number of carbonyl (C=O) groups excluding carboxylic acids is 1. The summed E-state index contributed by atoms with van der Waals surface area (Å²) < 4.78 is 31.2. The van der Waals surface area contributed by atoms with Crippen LogP contribution in [-0.2, 0) is 21.2 Å². The zero-order valence-corrected chi connectivity index (χ0v) is 12.3. The summed E-state index contributed by atoms with van der Waals surface area (Å²) in [6.45, 7) is 0.187. The van der Waals surface area contributed by atoms with Gasteiger partial charge in [-0.2, -0.15) is 0 Å². The van der Waals surface area contributed by atoms with Crippen LogP contribution < -0.4 is 4.72 Å². The Bertz CT molecular complexity index is 676. The Hall–Kier alpha value is -1.71. The summed E-state index contributed by atoms with van der Waals surface area (Å²) >= 11 is 1.03. The van der Waals surface area contributed by atoms with Crippen LogP contribution in [0.2, 0.25) is 0 Å². The van der Waals surface area contributed by atoms with Crippen molar-refractivity contribution in [3.05, 3.63) is 34.5 Å². The van der Waals surface area contributed by atoms with E-state index in [1.807, 2.05) is 0 Å². The highest BCUT2D eigenvalue weighted by atomic mass is 32.2. The summed E-state index contributed by atoms with van der Waals surface area (Å²) in [5, 5.41) is 1.54. The largest absolute Gasteiger partial charge is 0.465 e. The van der Waals surface area contributed by atoms with Crippen LogP contribution in [0.15, 0.2) is 28.7 Å². The number of imidazole rings is 1. The molecule has 0 bridgehead atoms. The Morgan fingerprint density at radius 3 is 3.00 bits per heavy atom. The van der Waals surface area contributed by atoms with Gasteiger partial charge in [-0.15, -0.1) is 11.3 Å². The third-order valence-electron chi connectivity index (χ3n) is 2.50. The molecule has 0 aliphatic rings. The first kappa shape index (κ1) is 14.7. The first-order valence-corrected chi connectivity index (χ1v) is 8.04. The fourth-order valence-corrected chi connectivity index (χ4v) is 3.93. The van der Waals surface area contributed by atoms with Crippen molar-refractivity contribution in [1.29, 1.82) is 0 Å². The van der Waals surface area contributed by atoms with Gasteiger partial charge in [-0.05, 0) is 11.4 Å². The molecular weight excluding hydrogens is 302 g/mol. The molecule has 9 heteroatoms. The van der Waals surface area contributed by atoms with Gasteiger partial charge in [-0.1, -0.05) is 0 Å². The van der Waals surface area contributed by atoms with E-state index in [0.29, 0.717) is 12.2 Å². The Morgan fingerprint density at radius 1 is 1.55 bits per heavy atom. The van der Waals surface area contributed by atoms with E-state index in [-0.39, 0.29) is 16.3 Å². The molecule has 0 fully saturated rings. The number of ether oxygens (including phenoxy) is 1. The van der Waals surface area contributed by atoms with Gasteiger partial charge in [0.2, 0.25) is 10.0 Å². The van der Waals surface area contributed by atoms with Crippen molar-refractivity contribution in [3.8, 4) is 0 Å². The van der Waals surface area contributed by atoms with Crippen LogP contribution in [0.3, 0.4) is 0 Å². The highest BCUT2D eigenvalue weighted by Crippen LogP contribution is 2.22. The van der Waals surface area contributed by atoms with Crippen LogP contribution in [0.5, 0.6) is 0 Å². The maximum absolute atomic E-state index is 12.1. The number of aromatic nitrogens is 2. The smallest absolute Gasteiger partial charge is 0.349 e. The number of esters is 1. The lowest BCUT2D eigenvalue weighted by molar-refractivity contribution is 0.0602. The van der Waals surface area contributed by atoms with E-state index in [0.717, 1.165) is 11.3 Å². The van der Waals surface area contributed by atoms with E-state index in [9.17, 15) is 13.2 Å². The number of nitrogens with zero attached hydrogens (tertiary/aromatic N) is 1. The number of carbonyl (C=O) groups is 1. The van der Waals surface area contributed by atoms with E-state index in [2.05, 4.69) is 19.4 Å². The predicted octanol–water partition coefficient (Wildman–Crippen LogP) is 0.779. The zero-order valence-electron chi connectivity index (χ0n) is 10.6. The topological polar surface area (TPSA) is 101 Å². The Morgan fingerprint density at radius 2 is 2.35 bits per heavy atom. The van der Waals surface area contributed by atoms with E-state index in [4.69, 9.17) is 0 Å². The van der Waals surface area contributed by atoms with Crippen molar-refractivity contribution in [2.45, 2.75) is 11.3 Å². The number of hydrogen-bond donors (Lipinski definition) is 2. The summed E-state index contributed by atoms with van der Waals surface area (Å²) in [6.07, 6.45) is 3.69. The van der Waals surface area contributed by atoms with Crippen LogP contribution in [0.25, 0.3) is 0 Å². The van der Waals surface area contributed by atoms with Gasteiger partial charge in [0, 0.05) is 25.4 Å². The predicted molar refractivity (Wildman–Crippen MR) is 73.1 cm³/mol. The third-order valence-corrected chi connectivity index (χ3v) is 5.03. The lowest BCUT2D eigenvalue weighted by Crippen LogP contribution is -2.27. The molecule has 0 spiro atoms. The molecule has 2 heterocycles. The minimum atomic E-state index is -3.74. The molecule has 0 saturated heterocycles. The molecule has 20 heavy (non-hydrogen) atoms. The minimum Gasteiger partial charge on any atom is -0.465 e. The van der Waals surface area contributed by atoms with Crippen molar-refractivity contribution in [2.24, 2.45) is 0 Å². The average molecular weight is 315 g/mol. The van der Waals surface area contributed by atoms with E-state index >= 15 is 0 Å². The molecule has 0 atom stereocenters. The van der Waals surface area contributed by atoms with Crippen LogP contribution in [0.4, 0.5) is 0 Å². The summed E-state index contributed by atoms with van der Waals surface area (Å²) in [6, 6.07) is 1.38. The van der Waals surface area contributed by atoms with Gasteiger partial charge in [0.05, 0.1) is 7.11 Å². The second-order valence-electron chi connectivity index (χ2n) is 3.79. The number of sulfonamides is 1. The molecule has 0 saturated carbocycles. The first-order valence-electron chi connectivity index (χ1n) is 5.68. The van der Waals surface area contributed by atoms with Crippen molar-refractivity contribution in [1.82, 2.24) is 14.7 Å². The first-order chi connectivity index (χ1) is 9.54. The molecule has 0 aliphatic heterocycles. The van der Waals surface area contributed by atoms with Gasteiger partial charge in [0.25, 0.3) is 0 Å².